The average molecular weight is 315 g/mol. The average Bonchev–Trinajstić information content (AvgIpc) is 2.47. The smallest absolute Gasteiger partial charge is 0.126 e. The summed E-state index contributed by atoms with van der Waals surface area (Å²) in [5.41, 5.74) is 0.961. The van der Waals surface area contributed by atoms with Gasteiger partial charge in [0.25, 0.3) is 0 Å². The van der Waals surface area contributed by atoms with Crippen LogP contribution in [0.5, 0.6) is 0 Å². The molecule has 3 nitrogen and oxygen atoms in total. The fourth-order valence-electron chi connectivity index (χ4n) is 2.21. The van der Waals surface area contributed by atoms with E-state index in [0.29, 0.717) is 30.8 Å². The fourth-order valence-corrected chi connectivity index (χ4v) is 2.40. The summed E-state index contributed by atoms with van der Waals surface area (Å²) in [7, 11) is 0. The molecule has 0 aromatic heterocycles. The van der Waals surface area contributed by atoms with Crippen LogP contribution in [-0.2, 0) is 11.3 Å². The molecule has 0 saturated carbocycles. The Labute approximate surface area is 133 Å². The third-order valence-corrected chi connectivity index (χ3v) is 3.97. The van der Waals surface area contributed by atoms with E-state index in [1.165, 1.54) is 25.7 Å². The van der Waals surface area contributed by atoms with Crippen molar-refractivity contribution in [2.24, 2.45) is 0 Å². The van der Waals surface area contributed by atoms with E-state index in [1.54, 1.807) is 0 Å². The van der Waals surface area contributed by atoms with E-state index in [1.807, 2.05) is 24.3 Å². The summed E-state index contributed by atoms with van der Waals surface area (Å²) in [5, 5.41) is 12.8. The molecule has 1 aromatic carbocycles. The normalized spacial score (nSPS) is 14.1. The Balaban J connectivity index is 2.11. The van der Waals surface area contributed by atoms with Crippen molar-refractivity contribution in [2.75, 3.05) is 13.2 Å². The zero-order valence-electron chi connectivity index (χ0n) is 13.2. The largest absolute Gasteiger partial charge is 0.385 e. The summed E-state index contributed by atoms with van der Waals surface area (Å²) in [4.78, 5) is 0. The summed E-state index contributed by atoms with van der Waals surface area (Å²) < 4.78 is 5.54. The molecule has 2 atom stereocenters. The first-order chi connectivity index (χ1) is 10.1. The van der Waals surface area contributed by atoms with Crippen molar-refractivity contribution in [3.63, 3.8) is 0 Å². The van der Waals surface area contributed by atoms with Gasteiger partial charge in [-0.3, -0.25) is 0 Å². The monoisotopic (exact) mass is 314 g/mol. The van der Waals surface area contributed by atoms with Crippen LogP contribution in [0, 0.1) is 0 Å². The maximum Gasteiger partial charge on any atom is 0.126 e. The van der Waals surface area contributed by atoms with Gasteiger partial charge in [-0.05, 0) is 31.4 Å². The van der Waals surface area contributed by atoms with Gasteiger partial charge in [0.05, 0.1) is 19.3 Å². The van der Waals surface area contributed by atoms with Gasteiger partial charge in [0.1, 0.15) is 12.6 Å². The third kappa shape index (κ3) is 8.42. The molecule has 0 bridgehead atoms. The van der Waals surface area contributed by atoms with Gasteiger partial charge >= 0.3 is 0 Å². The highest BCUT2D eigenvalue weighted by atomic mass is 35.5. The van der Waals surface area contributed by atoms with Gasteiger partial charge in [0, 0.05) is 5.02 Å². The first kappa shape index (κ1) is 18.4. The second kappa shape index (κ2) is 11.0. The quantitative estimate of drug-likeness (QED) is 0.617. The highest BCUT2D eigenvalue weighted by Gasteiger charge is 2.11. The van der Waals surface area contributed by atoms with Crippen molar-refractivity contribution >= 4 is 11.6 Å². The predicted molar refractivity (Wildman–Crippen MR) is 87.5 cm³/mol. The lowest BCUT2D eigenvalue weighted by Crippen LogP contribution is -2.91. The minimum absolute atomic E-state index is 0.351. The lowest BCUT2D eigenvalue weighted by atomic mass is 10.1. The molecule has 0 heterocycles. The second-order valence-electron chi connectivity index (χ2n) is 5.70. The number of benzene rings is 1. The van der Waals surface area contributed by atoms with E-state index in [4.69, 9.17) is 16.3 Å². The van der Waals surface area contributed by atoms with Crippen molar-refractivity contribution in [1.29, 1.82) is 0 Å². The van der Waals surface area contributed by atoms with Gasteiger partial charge in [0.2, 0.25) is 0 Å². The zero-order chi connectivity index (χ0) is 15.5. The number of nitrogens with two attached hydrogens (primary N) is 1. The number of aliphatic hydroxyl groups excluding tert-OH is 1. The molecule has 1 rings (SSSR count). The zero-order valence-corrected chi connectivity index (χ0v) is 14.0. The van der Waals surface area contributed by atoms with Gasteiger partial charge in [0.15, 0.2) is 0 Å². The van der Waals surface area contributed by atoms with Crippen LogP contribution in [0.15, 0.2) is 24.3 Å². The Kier molecular flexibility index (Phi) is 9.68. The highest BCUT2D eigenvalue weighted by molar-refractivity contribution is 6.31. The molecule has 0 aliphatic carbocycles. The van der Waals surface area contributed by atoms with Gasteiger partial charge in [-0.1, -0.05) is 49.6 Å². The Morgan fingerprint density at radius 3 is 2.76 bits per heavy atom. The number of quaternary nitrogens is 1. The molecule has 21 heavy (non-hydrogen) atoms. The molecule has 0 saturated heterocycles. The van der Waals surface area contributed by atoms with E-state index in [9.17, 15) is 5.11 Å². The van der Waals surface area contributed by atoms with Crippen molar-refractivity contribution in [3.05, 3.63) is 34.9 Å². The number of aliphatic hydroxyl groups is 1. The SMILES string of the molecule is CCCCC[C@H](C)[NH2+]C[C@@H](O)COCc1ccccc1Cl. The number of unbranched alkanes of at least 4 members (excludes halogenated alkanes) is 2. The number of hydrogen-bond donors (Lipinski definition) is 2. The molecule has 1 aromatic rings. The van der Waals surface area contributed by atoms with Crippen LogP contribution in [0.4, 0.5) is 0 Å². The second-order valence-corrected chi connectivity index (χ2v) is 6.11. The van der Waals surface area contributed by atoms with Crippen molar-refractivity contribution < 1.29 is 15.2 Å². The van der Waals surface area contributed by atoms with Crippen LogP contribution in [0.25, 0.3) is 0 Å². The summed E-state index contributed by atoms with van der Waals surface area (Å²) in [5.74, 6) is 0. The molecule has 3 N–H and O–H groups in total. The number of rotatable bonds is 11. The maximum absolute atomic E-state index is 9.93. The van der Waals surface area contributed by atoms with Crippen LogP contribution in [-0.4, -0.2) is 30.4 Å². The highest BCUT2D eigenvalue weighted by Crippen LogP contribution is 2.15. The minimum Gasteiger partial charge on any atom is -0.385 e. The summed E-state index contributed by atoms with van der Waals surface area (Å²) >= 11 is 6.05. The van der Waals surface area contributed by atoms with E-state index < -0.39 is 6.10 Å². The third-order valence-electron chi connectivity index (χ3n) is 3.60. The summed E-state index contributed by atoms with van der Waals surface area (Å²) in [6, 6.07) is 8.19. The van der Waals surface area contributed by atoms with Crippen molar-refractivity contribution in [1.82, 2.24) is 0 Å². The molecule has 0 aliphatic heterocycles. The van der Waals surface area contributed by atoms with Crippen molar-refractivity contribution in [2.45, 2.75) is 58.3 Å². The van der Waals surface area contributed by atoms with Crippen LogP contribution >= 0.6 is 11.6 Å². The molecule has 0 spiro atoms. The topological polar surface area (TPSA) is 46.1 Å². The van der Waals surface area contributed by atoms with Crippen LogP contribution < -0.4 is 5.32 Å². The Morgan fingerprint density at radius 2 is 2.05 bits per heavy atom. The molecular weight excluding hydrogens is 286 g/mol. The Hall–Kier alpha value is -0.610. The molecule has 0 aliphatic rings. The molecule has 4 heteroatoms. The Bertz CT molecular complexity index is 387. The Morgan fingerprint density at radius 1 is 1.29 bits per heavy atom. The fraction of sp³-hybridized carbons (Fsp3) is 0.647. The molecule has 0 amide bonds. The predicted octanol–water partition coefficient (Wildman–Crippen LogP) is 2.75. The van der Waals surface area contributed by atoms with Gasteiger partial charge in [-0.2, -0.15) is 0 Å². The van der Waals surface area contributed by atoms with E-state index in [0.717, 1.165) is 5.56 Å². The van der Waals surface area contributed by atoms with E-state index in [2.05, 4.69) is 19.2 Å². The standard InChI is InChI=1S/C17H28ClNO2/c1-3-4-5-8-14(2)19-11-16(20)13-21-12-15-9-6-7-10-17(15)18/h6-7,9-10,14,16,19-20H,3-5,8,11-13H2,1-2H3/p+1/t14-,16+/m0/s1. The summed E-state index contributed by atoms with van der Waals surface area (Å²) in [6.07, 6.45) is 4.60. The molecular formula is C17H29ClNO2+. The first-order valence-electron chi connectivity index (χ1n) is 7.96. The van der Waals surface area contributed by atoms with Gasteiger partial charge in [-0.15, -0.1) is 0 Å². The molecule has 0 fully saturated rings. The first-order valence-corrected chi connectivity index (χ1v) is 8.33. The van der Waals surface area contributed by atoms with Gasteiger partial charge < -0.3 is 15.2 Å². The summed E-state index contributed by atoms with van der Waals surface area (Å²) in [6.45, 7) is 5.92. The minimum atomic E-state index is -0.430. The van der Waals surface area contributed by atoms with Gasteiger partial charge in [-0.25, -0.2) is 0 Å². The molecule has 120 valence electrons. The van der Waals surface area contributed by atoms with Crippen molar-refractivity contribution in [3.8, 4) is 0 Å². The maximum atomic E-state index is 9.93. The number of hydrogen-bond acceptors (Lipinski definition) is 2. The lowest BCUT2D eigenvalue weighted by molar-refractivity contribution is -0.692. The number of halogens is 1. The number of ether oxygens (including phenoxy) is 1. The van der Waals surface area contributed by atoms with E-state index >= 15 is 0 Å². The van der Waals surface area contributed by atoms with Crippen LogP contribution in [0.3, 0.4) is 0 Å². The molecule has 0 radical (unpaired) electrons. The van der Waals surface area contributed by atoms with Crippen LogP contribution in [0.2, 0.25) is 5.02 Å². The van der Waals surface area contributed by atoms with E-state index in [-0.39, 0.29) is 0 Å². The molecule has 0 unspecified atom stereocenters. The lowest BCUT2D eigenvalue weighted by Gasteiger charge is -2.14. The van der Waals surface area contributed by atoms with Crippen LogP contribution in [0.1, 0.15) is 45.1 Å².